The quantitative estimate of drug-likeness (QED) is 0.803. The molecule has 0 saturated carbocycles. The lowest BCUT2D eigenvalue weighted by Crippen LogP contribution is -2.04. The molecule has 0 N–H and O–H groups in total. The number of nitrogens with zero attached hydrogens (tertiary/aromatic N) is 1. The molecule has 4 heteroatoms. The smallest absolute Gasteiger partial charge is 0.130 e. The van der Waals surface area contributed by atoms with E-state index >= 15 is 0 Å². The van der Waals surface area contributed by atoms with E-state index in [-0.39, 0.29) is 0 Å². The minimum absolute atomic E-state index is 0.493. The molecule has 1 aromatic carbocycles. The minimum Gasteiger partial charge on any atom is -0.384 e. The van der Waals surface area contributed by atoms with E-state index < -0.39 is 0 Å². The molecule has 0 aromatic heterocycles. The van der Waals surface area contributed by atoms with Gasteiger partial charge in [0.25, 0.3) is 0 Å². The predicted octanol–water partition coefficient (Wildman–Crippen LogP) is 4.29. The second-order valence-electron chi connectivity index (χ2n) is 4.23. The number of thioether (sulfide) groups is 2. The number of benzene rings is 1. The molecule has 1 aromatic rings. The van der Waals surface area contributed by atoms with Gasteiger partial charge in [-0.15, -0.1) is 0 Å². The Morgan fingerprint density at radius 1 is 1.22 bits per heavy atom. The van der Waals surface area contributed by atoms with E-state index in [0.717, 1.165) is 18.7 Å². The summed E-state index contributed by atoms with van der Waals surface area (Å²) in [6.07, 6.45) is 1.10. The number of hydrogen-bond acceptors (Lipinski definition) is 4. The highest BCUT2D eigenvalue weighted by Crippen LogP contribution is 2.30. The minimum atomic E-state index is 0.493. The summed E-state index contributed by atoms with van der Waals surface area (Å²) < 4.78 is 6.45. The Morgan fingerprint density at radius 3 is 2.44 bits per heavy atom. The lowest BCUT2D eigenvalue weighted by Gasteiger charge is -2.14. The summed E-state index contributed by atoms with van der Waals surface area (Å²) in [7, 11) is 1.76. The van der Waals surface area contributed by atoms with E-state index in [9.17, 15) is 0 Å². The molecule has 0 bridgehead atoms. The van der Waals surface area contributed by atoms with Gasteiger partial charge in [0.15, 0.2) is 0 Å². The molecule has 1 saturated heterocycles. The SMILES string of the molecule is CCC(COC)c1ccc(N=C2SCCS2)cc1. The lowest BCUT2D eigenvalue weighted by molar-refractivity contribution is 0.177. The van der Waals surface area contributed by atoms with Crippen LogP contribution >= 0.6 is 23.5 Å². The number of hydrogen-bond donors (Lipinski definition) is 0. The average molecular weight is 281 g/mol. The molecule has 2 nitrogen and oxygen atoms in total. The van der Waals surface area contributed by atoms with Crippen molar-refractivity contribution in [1.82, 2.24) is 0 Å². The molecule has 0 amide bonds. The lowest BCUT2D eigenvalue weighted by atomic mass is 9.97. The van der Waals surface area contributed by atoms with Crippen molar-refractivity contribution in [2.75, 3.05) is 25.2 Å². The molecule has 1 aliphatic rings. The largest absolute Gasteiger partial charge is 0.384 e. The summed E-state index contributed by atoms with van der Waals surface area (Å²) in [6, 6.07) is 8.58. The Labute approximate surface area is 118 Å². The summed E-state index contributed by atoms with van der Waals surface area (Å²) in [5, 5.41) is 0. The van der Waals surface area contributed by atoms with Crippen LogP contribution in [0, 0.1) is 0 Å². The standard InChI is InChI=1S/C14H19NOS2/c1-3-11(10-16-2)12-4-6-13(7-5-12)15-14-17-8-9-18-14/h4-7,11H,3,8-10H2,1-2H3. The highest BCUT2D eigenvalue weighted by molar-refractivity contribution is 8.41. The second kappa shape index (κ2) is 7.22. The van der Waals surface area contributed by atoms with Crippen LogP contribution in [-0.2, 0) is 4.74 Å². The van der Waals surface area contributed by atoms with Crippen molar-refractivity contribution >= 4 is 33.6 Å². The van der Waals surface area contributed by atoms with Crippen LogP contribution in [0.1, 0.15) is 24.8 Å². The van der Waals surface area contributed by atoms with Crippen molar-refractivity contribution in [2.45, 2.75) is 19.3 Å². The van der Waals surface area contributed by atoms with Crippen molar-refractivity contribution in [3.8, 4) is 0 Å². The fourth-order valence-corrected chi connectivity index (χ4v) is 4.13. The van der Waals surface area contributed by atoms with Gasteiger partial charge in [0, 0.05) is 24.5 Å². The summed E-state index contributed by atoms with van der Waals surface area (Å²) in [5.74, 6) is 2.87. The molecule has 2 rings (SSSR count). The zero-order valence-corrected chi connectivity index (χ0v) is 12.5. The first-order chi connectivity index (χ1) is 8.83. The summed E-state index contributed by atoms with van der Waals surface area (Å²) in [5.41, 5.74) is 2.40. The van der Waals surface area contributed by atoms with E-state index in [0.29, 0.717) is 5.92 Å². The normalized spacial score (nSPS) is 16.9. The maximum atomic E-state index is 5.25. The van der Waals surface area contributed by atoms with Gasteiger partial charge in [0.2, 0.25) is 0 Å². The van der Waals surface area contributed by atoms with Gasteiger partial charge in [-0.1, -0.05) is 42.6 Å². The number of aliphatic imine (C=N–C) groups is 1. The third-order valence-electron chi connectivity index (χ3n) is 2.98. The molecule has 0 aliphatic carbocycles. The van der Waals surface area contributed by atoms with Crippen molar-refractivity contribution in [3.63, 3.8) is 0 Å². The molecule has 1 heterocycles. The molecule has 0 radical (unpaired) electrons. The molecular formula is C14H19NOS2. The van der Waals surface area contributed by atoms with Crippen LogP contribution in [0.2, 0.25) is 0 Å². The number of rotatable bonds is 5. The zero-order valence-electron chi connectivity index (χ0n) is 10.9. The second-order valence-corrected chi connectivity index (χ2v) is 6.65. The number of methoxy groups -OCH3 is 1. The number of ether oxygens (including phenoxy) is 1. The molecule has 0 spiro atoms. The molecule has 1 atom stereocenters. The Hall–Kier alpha value is -0.450. The van der Waals surface area contributed by atoms with Gasteiger partial charge >= 0.3 is 0 Å². The van der Waals surface area contributed by atoms with E-state index in [1.807, 2.05) is 23.5 Å². The molecule has 98 valence electrons. The van der Waals surface area contributed by atoms with Crippen LogP contribution in [0.15, 0.2) is 29.3 Å². The first-order valence-corrected chi connectivity index (χ1v) is 8.23. The van der Waals surface area contributed by atoms with Gasteiger partial charge in [-0.05, 0) is 24.1 Å². The summed E-state index contributed by atoms with van der Waals surface area (Å²) in [6.45, 7) is 2.99. The molecule has 18 heavy (non-hydrogen) atoms. The van der Waals surface area contributed by atoms with Crippen molar-refractivity contribution in [1.29, 1.82) is 0 Å². The van der Waals surface area contributed by atoms with Crippen molar-refractivity contribution in [2.24, 2.45) is 4.99 Å². The highest BCUT2D eigenvalue weighted by atomic mass is 32.2. The van der Waals surface area contributed by atoms with Crippen LogP contribution in [0.5, 0.6) is 0 Å². The molecule has 1 aliphatic heterocycles. The predicted molar refractivity (Wildman–Crippen MR) is 83.4 cm³/mol. The van der Waals surface area contributed by atoms with Crippen molar-refractivity contribution < 1.29 is 4.74 Å². The topological polar surface area (TPSA) is 21.6 Å². The van der Waals surface area contributed by atoms with Gasteiger partial charge in [-0.2, -0.15) is 0 Å². The Morgan fingerprint density at radius 2 is 1.89 bits per heavy atom. The molecule has 1 unspecified atom stereocenters. The average Bonchev–Trinajstić information content (AvgIpc) is 2.90. The maximum Gasteiger partial charge on any atom is 0.130 e. The first kappa shape index (κ1) is 14.0. The Bertz CT molecular complexity index is 395. The van der Waals surface area contributed by atoms with Crippen LogP contribution in [0.4, 0.5) is 5.69 Å². The monoisotopic (exact) mass is 281 g/mol. The first-order valence-electron chi connectivity index (χ1n) is 6.26. The summed E-state index contributed by atoms with van der Waals surface area (Å²) in [4.78, 5) is 4.64. The third-order valence-corrected chi connectivity index (χ3v) is 5.44. The van der Waals surface area contributed by atoms with Gasteiger partial charge < -0.3 is 4.74 Å². The molecular weight excluding hydrogens is 262 g/mol. The highest BCUT2D eigenvalue weighted by Gasteiger charge is 2.11. The van der Waals surface area contributed by atoms with Gasteiger partial charge in [0.1, 0.15) is 4.38 Å². The van der Waals surface area contributed by atoms with E-state index in [1.165, 1.54) is 21.4 Å². The van der Waals surface area contributed by atoms with Gasteiger partial charge in [-0.3, -0.25) is 0 Å². The summed E-state index contributed by atoms with van der Waals surface area (Å²) >= 11 is 3.71. The van der Waals surface area contributed by atoms with Crippen LogP contribution < -0.4 is 0 Å². The van der Waals surface area contributed by atoms with Crippen molar-refractivity contribution in [3.05, 3.63) is 29.8 Å². The van der Waals surface area contributed by atoms with Crippen LogP contribution in [-0.4, -0.2) is 29.6 Å². The van der Waals surface area contributed by atoms with Gasteiger partial charge in [0.05, 0.1) is 12.3 Å². The fraction of sp³-hybridized carbons (Fsp3) is 0.500. The Balaban J connectivity index is 2.06. The van der Waals surface area contributed by atoms with E-state index in [4.69, 9.17) is 4.74 Å². The van der Waals surface area contributed by atoms with Crippen LogP contribution in [0.25, 0.3) is 0 Å². The Kier molecular flexibility index (Phi) is 5.60. The van der Waals surface area contributed by atoms with Gasteiger partial charge in [-0.25, -0.2) is 4.99 Å². The maximum absolute atomic E-state index is 5.25. The fourth-order valence-electron chi connectivity index (χ4n) is 1.94. The molecule has 1 fully saturated rings. The van der Waals surface area contributed by atoms with E-state index in [2.05, 4.69) is 36.2 Å². The van der Waals surface area contributed by atoms with E-state index in [1.54, 1.807) is 7.11 Å². The third kappa shape index (κ3) is 3.77. The van der Waals surface area contributed by atoms with Crippen LogP contribution in [0.3, 0.4) is 0 Å². The zero-order chi connectivity index (χ0) is 12.8.